The van der Waals surface area contributed by atoms with Gasteiger partial charge in [0.15, 0.2) is 0 Å². The second-order valence-corrected chi connectivity index (χ2v) is 4.53. The normalized spacial score (nSPS) is 12.2. The number of carbonyl (C=O) groups excluding carboxylic acids is 1. The van der Waals surface area contributed by atoms with Crippen LogP contribution in [0, 0.1) is 5.82 Å². The number of aliphatic hydroxyl groups excluding tert-OH is 1. The quantitative estimate of drug-likeness (QED) is 0.836. The Hall–Kier alpha value is -1.13. The van der Waals surface area contributed by atoms with E-state index in [1.54, 1.807) is 6.07 Å². The highest BCUT2D eigenvalue weighted by Gasteiger charge is 2.12. The zero-order chi connectivity index (χ0) is 13.5. The van der Waals surface area contributed by atoms with Gasteiger partial charge in [-0.3, -0.25) is 4.79 Å². The number of aliphatic hydroxyl groups is 1. The number of carbonyl (C=O) groups is 1. The molecule has 1 aromatic rings. The minimum absolute atomic E-state index is 0.121. The predicted octanol–water partition coefficient (Wildman–Crippen LogP) is 2.30. The average Bonchev–Trinajstić information content (AvgIpc) is 2.32. The molecule has 1 aromatic carbocycles. The van der Waals surface area contributed by atoms with Gasteiger partial charge in [-0.05, 0) is 18.6 Å². The number of rotatable bonds is 6. The molecule has 0 bridgehead atoms. The van der Waals surface area contributed by atoms with Crippen LogP contribution in [0.5, 0.6) is 0 Å². The molecule has 0 radical (unpaired) electrons. The van der Waals surface area contributed by atoms with Gasteiger partial charge in [0.05, 0.1) is 12.5 Å². The zero-order valence-electron chi connectivity index (χ0n) is 10.2. The minimum atomic E-state index is -0.560. The standard InChI is InChI=1S/C13H17ClFNO2/c1-2-4-9(17)8-16-13(18)7-10-11(14)5-3-6-12(10)15/h3,5-6,9,17H,2,4,7-8H2,1H3,(H,16,18). The minimum Gasteiger partial charge on any atom is -0.391 e. The van der Waals surface area contributed by atoms with Gasteiger partial charge >= 0.3 is 0 Å². The molecule has 1 atom stereocenters. The molecule has 1 unspecified atom stereocenters. The largest absolute Gasteiger partial charge is 0.391 e. The fourth-order valence-electron chi connectivity index (χ4n) is 1.59. The van der Waals surface area contributed by atoms with E-state index >= 15 is 0 Å². The molecule has 0 aliphatic carbocycles. The van der Waals surface area contributed by atoms with Crippen molar-refractivity contribution in [3.8, 4) is 0 Å². The van der Waals surface area contributed by atoms with Crippen LogP contribution in [0.25, 0.3) is 0 Å². The Morgan fingerprint density at radius 1 is 1.56 bits per heavy atom. The van der Waals surface area contributed by atoms with Gasteiger partial charge in [0.1, 0.15) is 5.82 Å². The summed E-state index contributed by atoms with van der Waals surface area (Å²) in [5, 5.41) is 12.2. The summed E-state index contributed by atoms with van der Waals surface area (Å²) in [6.07, 6.45) is 0.788. The second-order valence-electron chi connectivity index (χ2n) is 4.12. The molecule has 1 amide bonds. The van der Waals surface area contributed by atoms with Gasteiger partial charge in [-0.1, -0.05) is 31.0 Å². The first-order valence-corrected chi connectivity index (χ1v) is 6.30. The molecule has 18 heavy (non-hydrogen) atoms. The number of hydrogen-bond acceptors (Lipinski definition) is 2. The van der Waals surface area contributed by atoms with E-state index in [-0.39, 0.29) is 29.5 Å². The van der Waals surface area contributed by atoms with Crippen LogP contribution in [-0.4, -0.2) is 23.7 Å². The van der Waals surface area contributed by atoms with Crippen molar-refractivity contribution in [2.24, 2.45) is 0 Å². The maximum atomic E-state index is 13.4. The van der Waals surface area contributed by atoms with Gasteiger partial charge in [0.2, 0.25) is 5.91 Å². The van der Waals surface area contributed by atoms with E-state index in [9.17, 15) is 14.3 Å². The highest BCUT2D eigenvalue weighted by Crippen LogP contribution is 2.19. The Bertz CT molecular complexity index is 392. The van der Waals surface area contributed by atoms with Crippen LogP contribution < -0.4 is 5.32 Å². The monoisotopic (exact) mass is 273 g/mol. The Morgan fingerprint density at radius 2 is 2.28 bits per heavy atom. The third-order valence-electron chi connectivity index (χ3n) is 2.56. The van der Waals surface area contributed by atoms with E-state index in [4.69, 9.17) is 11.6 Å². The summed E-state index contributed by atoms with van der Waals surface area (Å²) >= 11 is 5.82. The van der Waals surface area contributed by atoms with E-state index in [0.717, 1.165) is 6.42 Å². The lowest BCUT2D eigenvalue weighted by Crippen LogP contribution is -2.33. The lowest BCUT2D eigenvalue weighted by atomic mass is 10.1. The molecular formula is C13H17ClFNO2. The molecule has 0 heterocycles. The Kier molecular flexibility index (Phi) is 6.09. The molecule has 0 saturated carbocycles. The summed E-state index contributed by atoms with van der Waals surface area (Å²) in [5.41, 5.74) is 0.182. The number of nitrogens with one attached hydrogen (secondary N) is 1. The van der Waals surface area contributed by atoms with Crippen molar-refractivity contribution in [1.82, 2.24) is 5.32 Å². The molecule has 0 fully saturated rings. The van der Waals surface area contributed by atoms with Crippen molar-refractivity contribution in [3.05, 3.63) is 34.6 Å². The average molecular weight is 274 g/mol. The Balaban J connectivity index is 2.50. The summed E-state index contributed by atoms with van der Waals surface area (Å²) in [7, 11) is 0. The van der Waals surface area contributed by atoms with E-state index in [1.165, 1.54) is 12.1 Å². The zero-order valence-corrected chi connectivity index (χ0v) is 11.0. The van der Waals surface area contributed by atoms with E-state index < -0.39 is 11.9 Å². The van der Waals surface area contributed by atoms with Crippen LogP contribution in [0.2, 0.25) is 5.02 Å². The van der Waals surface area contributed by atoms with Crippen LogP contribution in [0.3, 0.4) is 0 Å². The summed E-state index contributed by atoms with van der Waals surface area (Å²) in [6, 6.07) is 4.30. The fourth-order valence-corrected chi connectivity index (χ4v) is 1.82. The third kappa shape index (κ3) is 4.63. The summed E-state index contributed by atoms with van der Waals surface area (Å²) in [4.78, 5) is 11.6. The summed E-state index contributed by atoms with van der Waals surface area (Å²) < 4.78 is 13.4. The predicted molar refractivity (Wildman–Crippen MR) is 69.0 cm³/mol. The second kappa shape index (κ2) is 7.34. The first kappa shape index (κ1) is 14.9. The van der Waals surface area contributed by atoms with Crippen LogP contribution in [0.1, 0.15) is 25.3 Å². The molecule has 0 aliphatic rings. The highest BCUT2D eigenvalue weighted by atomic mass is 35.5. The molecule has 5 heteroatoms. The summed E-state index contributed by atoms with van der Waals surface area (Å²) in [5.74, 6) is -0.844. The smallest absolute Gasteiger partial charge is 0.224 e. The van der Waals surface area contributed by atoms with Crippen LogP contribution in [0.15, 0.2) is 18.2 Å². The lowest BCUT2D eigenvalue weighted by Gasteiger charge is -2.11. The van der Waals surface area contributed by atoms with Crippen molar-refractivity contribution in [1.29, 1.82) is 0 Å². The molecular weight excluding hydrogens is 257 g/mol. The van der Waals surface area contributed by atoms with Crippen molar-refractivity contribution in [2.75, 3.05) is 6.54 Å². The first-order chi connectivity index (χ1) is 8.54. The number of amides is 1. The molecule has 2 N–H and O–H groups in total. The third-order valence-corrected chi connectivity index (χ3v) is 2.91. The van der Waals surface area contributed by atoms with E-state index in [1.807, 2.05) is 6.92 Å². The maximum absolute atomic E-state index is 13.4. The Morgan fingerprint density at radius 3 is 2.89 bits per heavy atom. The molecule has 0 saturated heterocycles. The van der Waals surface area contributed by atoms with E-state index in [0.29, 0.717) is 6.42 Å². The van der Waals surface area contributed by atoms with Gasteiger partial charge < -0.3 is 10.4 Å². The van der Waals surface area contributed by atoms with Gasteiger partial charge in [-0.15, -0.1) is 0 Å². The maximum Gasteiger partial charge on any atom is 0.224 e. The highest BCUT2D eigenvalue weighted by molar-refractivity contribution is 6.31. The molecule has 1 rings (SSSR count). The first-order valence-electron chi connectivity index (χ1n) is 5.92. The van der Waals surface area contributed by atoms with Gasteiger partial charge in [-0.25, -0.2) is 4.39 Å². The van der Waals surface area contributed by atoms with E-state index in [2.05, 4.69) is 5.32 Å². The van der Waals surface area contributed by atoms with Crippen LogP contribution >= 0.6 is 11.6 Å². The number of benzene rings is 1. The van der Waals surface area contributed by atoms with Gasteiger partial charge in [0, 0.05) is 17.1 Å². The van der Waals surface area contributed by atoms with Crippen molar-refractivity contribution < 1.29 is 14.3 Å². The van der Waals surface area contributed by atoms with Crippen molar-refractivity contribution >= 4 is 17.5 Å². The topological polar surface area (TPSA) is 49.3 Å². The molecule has 0 spiro atoms. The molecule has 3 nitrogen and oxygen atoms in total. The number of hydrogen-bond donors (Lipinski definition) is 2. The lowest BCUT2D eigenvalue weighted by molar-refractivity contribution is -0.120. The Labute approximate surface area is 111 Å². The van der Waals surface area contributed by atoms with Crippen LogP contribution in [-0.2, 0) is 11.2 Å². The SMILES string of the molecule is CCCC(O)CNC(=O)Cc1c(F)cccc1Cl. The van der Waals surface area contributed by atoms with Gasteiger partial charge in [0.25, 0.3) is 0 Å². The number of halogens is 2. The van der Waals surface area contributed by atoms with Gasteiger partial charge in [-0.2, -0.15) is 0 Å². The molecule has 0 aliphatic heterocycles. The van der Waals surface area contributed by atoms with Crippen molar-refractivity contribution in [2.45, 2.75) is 32.3 Å². The molecule has 0 aromatic heterocycles. The fraction of sp³-hybridized carbons (Fsp3) is 0.462. The van der Waals surface area contributed by atoms with Crippen molar-refractivity contribution in [3.63, 3.8) is 0 Å². The summed E-state index contributed by atoms with van der Waals surface area (Å²) in [6.45, 7) is 2.13. The molecule has 100 valence electrons. The van der Waals surface area contributed by atoms with Crippen LogP contribution in [0.4, 0.5) is 4.39 Å².